The zero-order valence-electron chi connectivity index (χ0n) is 14.1. The van der Waals surface area contributed by atoms with Crippen LogP contribution in [-0.2, 0) is 11.8 Å². The van der Waals surface area contributed by atoms with E-state index < -0.39 is 0 Å². The molecular weight excluding hydrogens is 334 g/mol. The number of aromatic nitrogens is 1. The number of hydrogen-bond acceptors (Lipinski definition) is 5. The second-order valence-corrected chi connectivity index (χ2v) is 7.05. The molecule has 2 aliphatic heterocycles. The van der Waals surface area contributed by atoms with Crippen LogP contribution in [0.5, 0.6) is 0 Å². The Hall–Kier alpha value is -2.54. The van der Waals surface area contributed by atoms with E-state index in [4.69, 9.17) is 10.1 Å². The number of thioether (sulfide) groups is 1. The Bertz CT molecular complexity index is 977. The zero-order valence-corrected chi connectivity index (χ0v) is 15.0. The molecule has 0 radical (unpaired) electrons. The number of para-hydroxylation sites is 1. The molecule has 2 aliphatic rings. The van der Waals surface area contributed by atoms with Crippen molar-refractivity contribution in [3.8, 4) is 0 Å². The predicted molar refractivity (Wildman–Crippen MR) is 99.0 cm³/mol. The molecule has 0 bridgehead atoms. The van der Waals surface area contributed by atoms with Gasteiger partial charge in [-0.3, -0.25) is 15.1 Å². The second-order valence-electron chi connectivity index (χ2n) is 5.96. The molecule has 0 saturated heterocycles. The van der Waals surface area contributed by atoms with Crippen molar-refractivity contribution < 1.29 is 4.79 Å². The van der Waals surface area contributed by atoms with E-state index in [0.717, 1.165) is 28.4 Å². The number of hydrogen-bond donors (Lipinski definition) is 1. The van der Waals surface area contributed by atoms with Crippen molar-refractivity contribution in [3.63, 3.8) is 0 Å². The van der Waals surface area contributed by atoms with E-state index in [2.05, 4.69) is 12.2 Å². The van der Waals surface area contributed by atoms with Crippen LogP contribution in [0.1, 0.15) is 25.2 Å². The minimum atomic E-state index is -0.354. The lowest BCUT2D eigenvalue weighted by atomic mass is 10.1. The molecule has 1 N–H and O–H groups in total. The van der Waals surface area contributed by atoms with E-state index in [1.807, 2.05) is 54.2 Å². The fraction of sp³-hybridized carbons (Fsp3) is 0.278. The van der Waals surface area contributed by atoms with E-state index in [-0.39, 0.29) is 12.1 Å². The highest BCUT2D eigenvalue weighted by Gasteiger charge is 2.35. The van der Waals surface area contributed by atoms with Crippen LogP contribution in [0.15, 0.2) is 52.7 Å². The first-order valence-corrected chi connectivity index (χ1v) is 9.28. The molecule has 1 aromatic carbocycles. The van der Waals surface area contributed by atoms with Gasteiger partial charge in [0.25, 0.3) is 5.91 Å². The first-order valence-electron chi connectivity index (χ1n) is 8.29. The molecule has 1 aromatic heterocycles. The number of benzene rings is 1. The molecule has 4 rings (SSSR count). The van der Waals surface area contributed by atoms with E-state index in [1.54, 1.807) is 16.8 Å². The fourth-order valence-corrected chi connectivity index (χ4v) is 3.73. The third kappa shape index (κ3) is 2.74. The monoisotopic (exact) mass is 353 g/mol. The maximum atomic E-state index is 12.8. The highest BCUT2D eigenvalue weighted by atomic mass is 32.2. The van der Waals surface area contributed by atoms with E-state index in [0.29, 0.717) is 10.9 Å². The number of carbonyl (C=O) groups excluding carboxylic acids is 1. The van der Waals surface area contributed by atoms with Gasteiger partial charge in [-0.25, -0.2) is 5.01 Å². The average Bonchev–Trinajstić information content (AvgIpc) is 3.04. The molecule has 128 valence electrons. The predicted octanol–water partition coefficient (Wildman–Crippen LogP) is 1.31. The Morgan fingerprint density at radius 1 is 1.24 bits per heavy atom. The van der Waals surface area contributed by atoms with Crippen LogP contribution in [-0.4, -0.2) is 26.4 Å². The molecular formula is C18H19N5OS. The summed E-state index contributed by atoms with van der Waals surface area (Å²) in [7, 11) is 1.98. The van der Waals surface area contributed by atoms with Gasteiger partial charge in [-0.1, -0.05) is 36.9 Å². The fourth-order valence-electron chi connectivity index (χ4n) is 3.03. The van der Waals surface area contributed by atoms with Crippen molar-refractivity contribution >= 4 is 28.5 Å². The smallest absolute Gasteiger partial charge is 0.276 e. The zero-order chi connectivity index (χ0) is 17.4. The number of amidine groups is 1. The summed E-state index contributed by atoms with van der Waals surface area (Å²) in [6.45, 7) is 2.11. The van der Waals surface area contributed by atoms with Gasteiger partial charge in [0.15, 0.2) is 11.3 Å². The Labute approximate surface area is 149 Å². The van der Waals surface area contributed by atoms with Gasteiger partial charge in [-0.15, -0.1) is 5.10 Å². The van der Waals surface area contributed by atoms with Crippen molar-refractivity contribution in [2.75, 3.05) is 5.75 Å². The number of nitrogens with one attached hydrogen (secondary N) is 1. The molecule has 6 nitrogen and oxygen atoms in total. The topological polar surface area (TPSA) is 62.0 Å². The van der Waals surface area contributed by atoms with Crippen LogP contribution in [0.2, 0.25) is 0 Å². The van der Waals surface area contributed by atoms with Gasteiger partial charge >= 0.3 is 0 Å². The van der Waals surface area contributed by atoms with E-state index >= 15 is 0 Å². The van der Waals surface area contributed by atoms with Gasteiger partial charge in [0.2, 0.25) is 0 Å². The molecule has 0 saturated carbocycles. The van der Waals surface area contributed by atoms with Gasteiger partial charge in [0.1, 0.15) is 5.70 Å². The molecule has 1 atom stereocenters. The normalized spacial score (nSPS) is 18.9. The van der Waals surface area contributed by atoms with E-state index in [1.165, 1.54) is 0 Å². The van der Waals surface area contributed by atoms with Gasteiger partial charge in [-0.2, -0.15) is 0 Å². The highest BCUT2D eigenvalue weighted by molar-refractivity contribution is 8.13. The van der Waals surface area contributed by atoms with Gasteiger partial charge in [0, 0.05) is 24.2 Å². The number of fused-ring (bicyclic) bond motifs is 2. The van der Waals surface area contributed by atoms with Crippen LogP contribution in [0.4, 0.5) is 0 Å². The SMILES string of the molecule is CCCSC1=NN2C(=c3ccccc3=N[C@@H]2c2cccn2C)C(=O)N1. The van der Waals surface area contributed by atoms with Crippen LogP contribution in [0, 0.1) is 0 Å². The standard InChI is InChI=1S/C18H19N5OS/c1-3-11-25-18-20-17(24)15-12-7-4-5-8-13(12)19-16(23(15)21-18)14-9-6-10-22(14)2/h4-10,16H,3,11H2,1-2H3,(H,20,21,24)/t16-/m0/s1. The number of rotatable bonds is 3. The Morgan fingerprint density at radius 2 is 2.08 bits per heavy atom. The molecule has 0 aliphatic carbocycles. The lowest BCUT2D eigenvalue weighted by Crippen LogP contribution is -2.50. The van der Waals surface area contributed by atoms with Gasteiger partial charge < -0.3 is 4.57 Å². The highest BCUT2D eigenvalue weighted by Crippen LogP contribution is 2.30. The summed E-state index contributed by atoms with van der Waals surface area (Å²) in [5.41, 5.74) is 1.54. The first-order chi connectivity index (χ1) is 12.2. The third-order valence-corrected chi connectivity index (χ3v) is 5.28. The number of carbonyl (C=O) groups is 1. The molecule has 0 spiro atoms. The number of nitrogens with zero attached hydrogens (tertiary/aromatic N) is 4. The number of aryl methyl sites for hydroxylation is 1. The summed E-state index contributed by atoms with van der Waals surface area (Å²) < 4.78 is 2.01. The van der Waals surface area contributed by atoms with Crippen LogP contribution in [0.25, 0.3) is 5.70 Å². The summed E-state index contributed by atoms with van der Waals surface area (Å²) in [5.74, 6) is 0.778. The molecule has 25 heavy (non-hydrogen) atoms. The van der Waals surface area contributed by atoms with Crippen LogP contribution < -0.4 is 15.9 Å². The Kier molecular flexibility index (Phi) is 4.09. The second kappa shape index (κ2) is 6.40. The maximum absolute atomic E-state index is 12.8. The lowest BCUT2D eigenvalue weighted by Gasteiger charge is -2.34. The quantitative estimate of drug-likeness (QED) is 0.905. The van der Waals surface area contributed by atoms with Crippen molar-refractivity contribution in [3.05, 3.63) is 58.9 Å². The molecule has 0 unspecified atom stereocenters. The largest absolute Gasteiger partial charge is 0.351 e. The molecule has 0 fully saturated rings. The summed E-state index contributed by atoms with van der Waals surface area (Å²) >= 11 is 1.56. The van der Waals surface area contributed by atoms with Crippen molar-refractivity contribution in [2.24, 2.45) is 17.1 Å². The lowest BCUT2D eigenvalue weighted by molar-refractivity contribution is -0.116. The molecule has 3 heterocycles. The first kappa shape index (κ1) is 16.0. The number of hydrazone groups is 1. The van der Waals surface area contributed by atoms with Crippen molar-refractivity contribution in [1.29, 1.82) is 0 Å². The summed E-state index contributed by atoms with van der Waals surface area (Å²) in [4.78, 5) is 17.7. The number of amides is 1. The summed E-state index contributed by atoms with van der Waals surface area (Å²) in [6, 6.07) is 11.7. The van der Waals surface area contributed by atoms with Crippen LogP contribution >= 0.6 is 11.8 Å². The van der Waals surface area contributed by atoms with E-state index in [9.17, 15) is 4.79 Å². The maximum Gasteiger partial charge on any atom is 0.276 e. The molecule has 7 heteroatoms. The minimum absolute atomic E-state index is 0.129. The van der Waals surface area contributed by atoms with Crippen LogP contribution in [0.3, 0.4) is 0 Å². The van der Waals surface area contributed by atoms with Crippen molar-refractivity contribution in [2.45, 2.75) is 19.5 Å². The Morgan fingerprint density at radius 3 is 2.84 bits per heavy atom. The minimum Gasteiger partial charge on any atom is -0.351 e. The third-order valence-electron chi connectivity index (χ3n) is 4.21. The van der Waals surface area contributed by atoms with Gasteiger partial charge in [0.05, 0.1) is 11.1 Å². The Balaban J connectivity index is 1.91. The van der Waals surface area contributed by atoms with Crippen molar-refractivity contribution in [1.82, 2.24) is 14.9 Å². The van der Waals surface area contributed by atoms with Gasteiger partial charge in [-0.05, 0) is 24.6 Å². The summed E-state index contributed by atoms with van der Waals surface area (Å²) in [5, 5.41) is 11.6. The molecule has 1 amide bonds. The summed E-state index contributed by atoms with van der Waals surface area (Å²) in [6.07, 6.45) is 2.64. The average molecular weight is 353 g/mol. The molecule has 2 aromatic rings.